The summed E-state index contributed by atoms with van der Waals surface area (Å²) in [4.78, 5) is 31.2. The number of hydroxylamine groups is 3. The van der Waals surface area contributed by atoms with Crippen molar-refractivity contribution in [1.82, 2.24) is 20.8 Å². The average molecular weight is 394 g/mol. The number of rotatable bonds is 7. The Morgan fingerprint density at radius 1 is 1.48 bits per heavy atom. The Morgan fingerprint density at radius 2 is 2.28 bits per heavy atom. The van der Waals surface area contributed by atoms with E-state index in [2.05, 4.69) is 27.7 Å². The Balaban J connectivity index is 1.47. The number of hydrogen-bond acceptors (Lipinski definition) is 7. The molecule has 142 valence electrons. The minimum Gasteiger partial charge on any atom is -0.311 e. The van der Waals surface area contributed by atoms with Gasteiger partial charge >= 0.3 is 17.4 Å². The van der Waals surface area contributed by atoms with Gasteiger partial charge in [0.2, 0.25) is 0 Å². The molecule has 3 N–H and O–H groups in total. The maximum atomic E-state index is 12.3. The van der Waals surface area contributed by atoms with Crippen LogP contribution in [0.3, 0.4) is 0 Å². The van der Waals surface area contributed by atoms with E-state index >= 15 is 0 Å². The molecule has 0 aromatic carbocycles. The molecule has 3 amide bonds. The van der Waals surface area contributed by atoms with Gasteiger partial charge in [-0.1, -0.05) is 0 Å². The Hall–Kier alpha value is -0.920. The van der Waals surface area contributed by atoms with E-state index in [0.29, 0.717) is 25.4 Å². The molecule has 2 bridgehead atoms. The fraction of sp³-hybridized carbons (Fsp3) is 0.846. The molecule has 3 fully saturated rings. The van der Waals surface area contributed by atoms with Crippen LogP contribution in [0.5, 0.6) is 0 Å². The van der Waals surface area contributed by atoms with Gasteiger partial charge in [0.05, 0.1) is 12.6 Å². The molecular weight excluding hydrogens is 372 g/mol. The van der Waals surface area contributed by atoms with Crippen molar-refractivity contribution in [3.05, 3.63) is 0 Å². The lowest BCUT2D eigenvalue weighted by Gasteiger charge is -2.29. The standard InChI is InChI=1S/C13H22N4O6S2/c18-12(15-22-6-9-3-8(7-24)4-14-9)11-2-1-10-5-16(11)13(19)17(10)23-25(20)21/h8-11,14,24H,1-7H2,(H,15,18)(H,20,21)/t8-,9-,10?,11?/m0/s1. The molecular formula is C13H22N4O6S2. The topological polar surface area (TPSA) is 120 Å². The smallest absolute Gasteiger partial charge is 0.311 e. The van der Waals surface area contributed by atoms with Crippen molar-refractivity contribution in [3.63, 3.8) is 0 Å². The Morgan fingerprint density at radius 3 is 2.96 bits per heavy atom. The first-order valence-corrected chi connectivity index (χ1v) is 9.81. The summed E-state index contributed by atoms with van der Waals surface area (Å²) in [7, 11) is 0. The predicted molar refractivity (Wildman–Crippen MR) is 90.5 cm³/mol. The zero-order valence-corrected chi connectivity index (χ0v) is 15.2. The van der Waals surface area contributed by atoms with Crippen molar-refractivity contribution in [3.8, 4) is 0 Å². The lowest BCUT2D eigenvalue weighted by atomic mass is 10.0. The monoisotopic (exact) mass is 394 g/mol. The molecule has 0 aliphatic carbocycles. The summed E-state index contributed by atoms with van der Waals surface area (Å²) < 4.78 is 24.2. The summed E-state index contributed by atoms with van der Waals surface area (Å²) in [6.07, 6.45) is 1.89. The number of thiol groups is 1. The van der Waals surface area contributed by atoms with Crippen LogP contribution in [0.25, 0.3) is 0 Å². The SMILES string of the molecule is O=C(NOC[C@@H]1C[C@H](CS)CN1)C1CCC2CN1C(=O)N2OS(=O)O. The average Bonchev–Trinajstić information content (AvgIpc) is 3.14. The van der Waals surface area contributed by atoms with Gasteiger partial charge in [-0.05, 0) is 37.5 Å². The highest BCUT2D eigenvalue weighted by Crippen LogP contribution is 2.30. The molecule has 0 radical (unpaired) electrons. The quantitative estimate of drug-likeness (QED) is 0.255. The van der Waals surface area contributed by atoms with Gasteiger partial charge in [0.15, 0.2) is 0 Å². The first kappa shape index (κ1) is 18.9. The van der Waals surface area contributed by atoms with E-state index in [1.165, 1.54) is 4.90 Å². The van der Waals surface area contributed by atoms with Crippen molar-refractivity contribution < 1.29 is 27.5 Å². The summed E-state index contributed by atoms with van der Waals surface area (Å²) in [5, 5.41) is 4.18. The molecule has 12 heteroatoms. The number of urea groups is 1. The van der Waals surface area contributed by atoms with Crippen molar-refractivity contribution in [2.24, 2.45) is 5.92 Å². The van der Waals surface area contributed by atoms with Crippen molar-refractivity contribution in [1.29, 1.82) is 0 Å². The Bertz CT molecular complexity index is 553. The number of amides is 3. The van der Waals surface area contributed by atoms with Gasteiger partial charge in [-0.25, -0.2) is 10.3 Å². The van der Waals surface area contributed by atoms with Crippen LogP contribution in [-0.4, -0.2) is 74.2 Å². The molecule has 0 aromatic heterocycles. The van der Waals surface area contributed by atoms with Gasteiger partial charge < -0.3 is 10.2 Å². The molecule has 3 heterocycles. The predicted octanol–water partition coefficient (Wildman–Crippen LogP) is -0.721. The Kier molecular flexibility index (Phi) is 6.17. The van der Waals surface area contributed by atoms with Crippen LogP contribution < -0.4 is 10.8 Å². The van der Waals surface area contributed by atoms with E-state index in [1.807, 2.05) is 0 Å². The van der Waals surface area contributed by atoms with E-state index in [-0.39, 0.29) is 18.6 Å². The summed E-state index contributed by atoms with van der Waals surface area (Å²) in [6, 6.07) is -1.41. The molecule has 3 rings (SSSR count). The van der Waals surface area contributed by atoms with Gasteiger partial charge in [-0.15, -0.1) is 4.28 Å². The number of hydrogen-bond donors (Lipinski definition) is 4. The highest BCUT2D eigenvalue weighted by molar-refractivity contribution is 7.80. The molecule has 3 aliphatic heterocycles. The van der Waals surface area contributed by atoms with Gasteiger partial charge in [-0.3, -0.25) is 14.2 Å². The maximum absolute atomic E-state index is 12.3. The lowest BCUT2D eigenvalue weighted by Crippen LogP contribution is -2.50. The molecule has 10 nitrogen and oxygen atoms in total. The van der Waals surface area contributed by atoms with Crippen LogP contribution in [-0.2, 0) is 25.3 Å². The van der Waals surface area contributed by atoms with E-state index < -0.39 is 29.3 Å². The third-order valence-electron chi connectivity index (χ3n) is 4.80. The molecule has 3 saturated heterocycles. The number of carbonyl (C=O) groups is 2. The number of nitrogens with zero attached hydrogens (tertiary/aromatic N) is 2. The third kappa shape index (κ3) is 4.26. The van der Waals surface area contributed by atoms with E-state index in [0.717, 1.165) is 23.8 Å². The summed E-state index contributed by atoms with van der Waals surface area (Å²) >= 11 is 1.70. The third-order valence-corrected chi connectivity index (χ3v) is 5.60. The van der Waals surface area contributed by atoms with Crippen LogP contribution >= 0.6 is 12.6 Å². The van der Waals surface area contributed by atoms with E-state index in [9.17, 15) is 13.8 Å². The summed E-state index contributed by atoms with van der Waals surface area (Å²) in [6.45, 7) is 1.51. The first-order chi connectivity index (χ1) is 12.0. The van der Waals surface area contributed by atoms with E-state index in [1.54, 1.807) is 0 Å². The first-order valence-electron chi connectivity index (χ1n) is 8.14. The largest absolute Gasteiger partial charge is 0.346 e. The zero-order valence-electron chi connectivity index (χ0n) is 13.5. The van der Waals surface area contributed by atoms with Gasteiger partial charge in [-0.2, -0.15) is 21.9 Å². The highest BCUT2D eigenvalue weighted by atomic mass is 32.2. The van der Waals surface area contributed by atoms with Gasteiger partial charge in [0.25, 0.3) is 5.91 Å². The van der Waals surface area contributed by atoms with Crippen LogP contribution in [0.4, 0.5) is 4.79 Å². The van der Waals surface area contributed by atoms with Gasteiger partial charge in [0, 0.05) is 12.6 Å². The lowest BCUT2D eigenvalue weighted by molar-refractivity contribution is -0.139. The van der Waals surface area contributed by atoms with E-state index in [4.69, 9.17) is 9.39 Å². The van der Waals surface area contributed by atoms with Crippen LogP contribution in [0.2, 0.25) is 0 Å². The zero-order chi connectivity index (χ0) is 18.0. The molecule has 0 spiro atoms. The fourth-order valence-electron chi connectivity index (χ4n) is 3.52. The van der Waals surface area contributed by atoms with Gasteiger partial charge in [0.1, 0.15) is 6.04 Å². The Labute approximate surface area is 153 Å². The molecule has 3 unspecified atom stereocenters. The minimum absolute atomic E-state index is 0.171. The summed E-state index contributed by atoms with van der Waals surface area (Å²) in [5.41, 5.74) is 2.41. The molecule has 3 aliphatic rings. The normalized spacial score (nSPS) is 33.0. The minimum atomic E-state index is -2.58. The fourth-order valence-corrected chi connectivity index (χ4v) is 4.12. The number of piperidine rings is 1. The molecule has 0 aromatic rings. The van der Waals surface area contributed by atoms with Crippen LogP contribution in [0.15, 0.2) is 0 Å². The molecule has 5 atom stereocenters. The van der Waals surface area contributed by atoms with Crippen molar-refractivity contribution in [2.45, 2.75) is 37.4 Å². The van der Waals surface area contributed by atoms with Crippen LogP contribution in [0.1, 0.15) is 19.3 Å². The second-order valence-corrected chi connectivity index (χ2v) is 7.41. The molecule has 25 heavy (non-hydrogen) atoms. The van der Waals surface area contributed by atoms with Crippen LogP contribution in [0, 0.1) is 5.92 Å². The summed E-state index contributed by atoms with van der Waals surface area (Å²) in [5.74, 6) is 0.920. The highest BCUT2D eigenvalue weighted by Gasteiger charge is 2.48. The number of fused-ring (bicyclic) bond motifs is 2. The number of nitrogens with one attached hydrogen (secondary N) is 2. The number of carbonyl (C=O) groups excluding carboxylic acids is 2. The molecule has 0 saturated carbocycles. The van der Waals surface area contributed by atoms with Crippen molar-refractivity contribution >= 4 is 35.9 Å². The second kappa shape index (κ2) is 8.18. The maximum Gasteiger partial charge on any atom is 0.346 e. The van der Waals surface area contributed by atoms with Crippen molar-refractivity contribution in [2.75, 3.05) is 25.4 Å². The second-order valence-electron chi connectivity index (χ2n) is 6.47.